The van der Waals surface area contributed by atoms with Crippen LogP contribution in [0.5, 0.6) is 0 Å². The first-order valence-corrected chi connectivity index (χ1v) is 8.29. The van der Waals surface area contributed by atoms with E-state index in [1.807, 2.05) is 0 Å². The molecule has 3 heteroatoms. The monoisotopic (exact) mass is 276 g/mol. The third-order valence-corrected chi connectivity index (χ3v) is 4.91. The van der Waals surface area contributed by atoms with E-state index in [1.165, 1.54) is 63.7 Å². The topological polar surface area (TPSA) is 17.4 Å². The van der Waals surface area contributed by atoms with E-state index < -0.39 is 0 Å². The Morgan fingerprint density at radius 2 is 1.75 bits per heavy atom. The summed E-state index contributed by atoms with van der Waals surface area (Å²) >= 11 is 0. The van der Waals surface area contributed by atoms with Crippen molar-refractivity contribution in [3.8, 4) is 0 Å². The molecule has 1 aromatic rings. The van der Waals surface area contributed by atoms with Crippen molar-refractivity contribution in [3.05, 3.63) is 24.0 Å². The third kappa shape index (κ3) is 3.64. The van der Waals surface area contributed by atoms with Gasteiger partial charge in [-0.15, -0.1) is 0 Å². The Morgan fingerprint density at radius 1 is 1.05 bits per heavy atom. The molecule has 0 spiro atoms. The van der Waals surface area contributed by atoms with Crippen LogP contribution >= 0.6 is 0 Å². The summed E-state index contributed by atoms with van der Waals surface area (Å²) in [5, 5.41) is 0. The van der Waals surface area contributed by atoms with Gasteiger partial charge in [0.1, 0.15) is 0 Å². The summed E-state index contributed by atoms with van der Waals surface area (Å²) in [5.41, 5.74) is 1.41. The molecular formula is C17H28N2O. The predicted octanol–water partition coefficient (Wildman–Crippen LogP) is 3.34. The molecule has 20 heavy (non-hydrogen) atoms. The minimum absolute atomic E-state index is 0.516. The van der Waals surface area contributed by atoms with Crippen LogP contribution in [0.15, 0.2) is 18.3 Å². The number of aromatic nitrogens is 1. The highest BCUT2D eigenvalue weighted by Crippen LogP contribution is 2.25. The van der Waals surface area contributed by atoms with Gasteiger partial charge in [-0.2, -0.15) is 0 Å². The number of ether oxygens (including phenoxy) is 1. The molecule has 0 amide bonds. The Kier molecular flexibility index (Phi) is 4.79. The number of hydrogen-bond acceptors (Lipinski definition) is 2. The minimum Gasteiger partial charge on any atom is -0.375 e. The Balaban J connectivity index is 1.41. The smallest absolute Gasteiger partial charge is 0.0603 e. The van der Waals surface area contributed by atoms with E-state index in [-0.39, 0.29) is 0 Å². The van der Waals surface area contributed by atoms with Gasteiger partial charge in [-0.25, -0.2) is 0 Å². The number of aryl methyl sites for hydroxylation is 1. The lowest BCUT2D eigenvalue weighted by atomic mass is 9.97. The molecule has 0 atom stereocenters. The summed E-state index contributed by atoms with van der Waals surface area (Å²) < 4.78 is 8.53. The predicted molar refractivity (Wildman–Crippen MR) is 81.7 cm³/mol. The van der Waals surface area contributed by atoms with Crippen molar-refractivity contribution in [2.75, 3.05) is 13.1 Å². The summed E-state index contributed by atoms with van der Waals surface area (Å²) in [6.07, 6.45) is 12.4. The molecule has 1 aliphatic carbocycles. The number of likely N-dealkylation sites (tertiary alicyclic amines) is 1. The van der Waals surface area contributed by atoms with Crippen LogP contribution < -0.4 is 0 Å². The van der Waals surface area contributed by atoms with E-state index in [0.717, 1.165) is 6.54 Å². The summed E-state index contributed by atoms with van der Waals surface area (Å²) in [6, 6.07) is 4.36. The van der Waals surface area contributed by atoms with Crippen molar-refractivity contribution >= 4 is 0 Å². The lowest BCUT2D eigenvalue weighted by Crippen LogP contribution is -2.38. The molecule has 2 fully saturated rings. The molecule has 3 rings (SSSR count). The lowest BCUT2D eigenvalue weighted by Gasteiger charge is -2.35. The fraction of sp³-hybridized carbons (Fsp3) is 0.765. The van der Waals surface area contributed by atoms with Crippen LogP contribution in [0.1, 0.15) is 50.6 Å². The number of hydrogen-bond donors (Lipinski definition) is 0. The second-order valence-electron chi connectivity index (χ2n) is 6.48. The van der Waals surface area contributed by atoms with E-state index in [9.17, 15) is 0 Å². The second kappa shape index (κ2) is 6.77. The minimum atomic E-state index is 0.516. The lowest BCUT2D eigenvalue weighted by molar-refractivity contribution is -0.0567. The Hall–Kier alpha value is -0.800. The van der Waals surface area contributed by atoms with Crippen LogP contribution in [0, 0.1) is 0 Å². The fourth-order valence-corrected chi connectivity index (χ4v) is 3.57. The van der Waals surface area contributed by atoms with Crippen molar-refractivity contribution in [2.45, 2.75) is 63.7 Å². The van der Waals surface area contributed by atoms with Gasteiger partial charge < -0.3 is 9.30 Å². The average Bonchev–Trinajstić information content (AvgIpc) is 2.88. The van der Waals surface area contributed by atoms with Gasteiger partial charge in [0.25, 0.3) is 0 Å². The molecule has 2 aliphatic rings. The van der Waals surface area contributed by atoms with E-state index in [0.29, 0.717) is 12.2 Å². The summed E-state index contributed by atoms with van der Waals surface area (Å²) in [4.78, 5) is 2.57. The molecule has 1 aliphatic heterocycles. The van der Waals surface area contributed by atoms with Gasteiger partial charge in [0, 0.05) is 38.6 Å². The van der Waals surface area contributed by atoms with Gasteiger partial charge in [-0.1, -0.05) is 19.3 Å². The van der Waals surface area contributed by atoms with E-state index in [4.69, 9.17) is 4.74 Å². The zero-order valence-electron chi connectivity index (χ0n) is 12.8. The van der Waals surface area contributed by atoms with Gasteiger partial charge in [0.05, 0.1) is 12.2 Å². The van der Waals surface area contributed by atoms with Gasteiger partial charge in [-0.05, 0) is 37.8 Å². The molecule has 0 unspecified atom stereocenters. The highest BCUT2D eigenvalue weighted by molar-refractivity contribution is 5.06. The Bertz CT molecular complexity index is 401. The first kappa shape index (κ1) is 14.2. The zero-order valence-corrected chi connectivity index (χ0v) is 12.8. The van der Waals surface area contributed by atoms with Crippen LogP contribution in [0.25, 0.3) is 0 Å². The van der Waals surface area contributed by atoms with Crippen molar-refractivity contribution in [1.29, 1.82) is 0 Å². The SMILES string of the molecule is Cn1cccc1CN1CCC(OC2CCCCC2)CC1. The fourth-order valence-electron chi connectivity index (χ4n) is 3.57. The standard InChI is InChI=1S/C17H28N2O/c1-18-11-5-6-15(18)14-19-12-9-17(10-13-19)20-16-7-3-2-4-8-16/h5-6,11,16-17H,2-4,7-10,12-14H2,1H3. The van der Waals surface area contributed by atoms with E-state index in [1.54, 1.807) is 0 Å². The largest absolute Gasteiger partial charge is 0.375 e. The summed E-state index contributed by atoms with van der Waals surface area (Å²) in [7, 11) is 2.13. The normalized spacial score (nSPS) is 23.2. The van der Waals surface area contributed by atoms with Crippen LogP contribution in [-0.4, -0.2) is 34.8 Å². The van der Waals surface area contributed by atoms with Gasteiger partial charge >= 0.3 is 0 Å². The van der Waals surface area contributed by atoms with Crippen molar-refractivity contribution in [2.24, 2.45) is 7.05 Å². The van der Waals surface area contributed by atoms with Crippen molar-refractivity contribution < 1.29 is 4.74 Å². The summed E-state index contributed by atoms with van der Waals surface area (Å²) in [6.45, 7) is 3.45. The van der Waals surface area contributed by atoms with Gasteiger partial charge in [0.15, 0.2) is 0 Å². The first-order valence-electron chi connectivity index (χ1n) is 8.29. The van der Waals surface area contributed by atoms with Gasteiger partial charge in [-0.3, -0.25) is 4.90 Å². The molecule has 0 aromatic carbocycles. The number of piperidine rings is 1. The Morgan fingerprint density at radius 3 is 2.40 bits per heavy atom. The van der Waals surface area contributed by atoms with Crippen molar-refractivity contribution in [3.63, 3.8) is 0 Å². The molecule has 2 heterocycles. The van der Waals surface area contributed by atoms with Crippen molar-refractivity contribution in [1.82, 2.24) is 9.47 Å². The molecule has 1 aromatic heterocycles. The molecule has 3 nitrogen and oxygen atoms in total. The van der Waals surface area contributed by atoms with Crippen LogP contribution in [0.4, 0.5) is 0 Å². The van der Waals surface area contributed by atoms with Crippen LogP contribution in [0.3, 0.4) is 0 Å². The van der Waals surface area contributed by atoms with Crippen LogP contribution in [0.2, 0.25) is 0 Å². The number of nitrogens with zero attached hydrogens (tertiary/aromatic N) is 2. The van der Waals surface area contributed by atoms with E-state index >= 15 is 0 Å². The first-order chi connectivity index (χ1) is 9.81. The molecule has 1 saturated carbocycles. The molecular weight excluding hydrogens is 248 g/mol. The molecule has 1 saturated heterocycles. The highest BCUT2D eigenvalue weighted by atomic mass is 16.5. The molecule has 112 valence electrons. The van der Waals surface area contributed by atoms with Crippen LogP contribution in [-0.2, 0) is 18.3 Å². The quantitative estimate of drug-likeness (QED) is 0.839. The average molecular weight is 276 g/mol. The highest BCUT2D eigenvalue weighted by Gasteiger charge is 2.24. The second-order valence-corrected chi connectivity index (χ2v) is 6.48. The maximum Gasteiger partial charge on any atom is 0.0603 e. The molecule has 0 N–H and O–H groups in total. The molecule has 0 bridgehead atoms. The Labute approximate surface area is 122 Å². The third-order valence-electron chi connectivity index (χ3n) is 4.91. The maximum atomic E-state index is 6.31. The zero-order chi connectivity index (χ0) is 13.8. The van der Waals surface area contributed by atoms with Gasteiger partial charge in [0.2, 0.25) is 0 Å². The van der Waals surface area contributed by atoms with E-state index in [2.05, 4.69) is 34.8 Å². The molecule has 0 radical (unpaired) electrons. The number of rotatable bonds is 4. The maximum absolute atomic E-state index is 6.31. The summed E-state index contributed by atoms with van der Waals surface area (Å²) in [5.74, 6) is 0.